The largest absolute Gasteiger partial charge is 0.316 e. The predicted octanol–water partition coefficient (Wildman–Crippen LogP) is 4.64. The fourth-order valence-electron chi connectivity index (χ4n) is 3.28. The maximum atomic E-state index is 3.52. The first-order valence-electron chi connectivity index (χ1n) is 7.86. The van der Waals surface area contributed by atoms with Crippen LogP contribution < -0.4 is 5.32 Å². The molecule has 2 unspecified atom stereocenters. The van der Waals surface area contributed by atoms with Crippen LogP contribution in [0.5, 0.6) is 0 Å². The van der Waals surface area contributed by atoms with Crippen molar-refractivity contribution in [1.29, 1.82) is 0 Å². The van der Waals surface area contributed by atoms with Crippen LogP contribution >= 0.6 is 0 Å². The van der Waals surface area contributed by atoms with Crippen LogP contribution in [-0.4, -0.2) is 13.1 Å². The predicted molar refractivity (Wildman–Crippen MR) is 81.8 cm³/mol. The highest BCUT2D eigenvalue weighted by molar-refractivity contribution is 5.05. The molecule has 106 valence electrons. The smallest absolute Gasteiger partial charge is 0.00141 e. The summed E-state index contributed by atoms with van der Waals surface area (Å²) in [5.41, 5.74) is 1.64. The maximum absolute atomic E-state index is 3.52. The Kier molecular flexibility index (Phi) is 6.99. The highest BCUT2D eigenvalue weighted by Crippen LogP contribution is 2.36. The van der Waals surface area contributed by atoms with Crippen LogP contribution in [0, 0.1) is 23.7 Å². The Morgan fingerprint density at radius 1 is 1.17 bits per heavy atom. The topological polar surface area (TPSA) is 12.0 Å². The Balaban J connectivity index is 2.27. The second-order valence-corrected chi connectivity index (χ2v) is 6.95. The van der Waals surface area contributed by atoms with Crippen molar-refractivity contribution in [2.75, 3.05) is 13.1 Å². The third-order valence-electron chi connectivity index (χ3n) is 4.16. The molecule has 1 aliphatic carbocycles. The van der Waals surface area contributed by atoms with Gasteiger partial charge in [0.05, 0.1) is 0 Å². The summed E-state index contributed by atoms with van der Waals surface area (Å²) in [7, 11) is 0. The number of nitrogens with one attached hydrogen (secondary N) is 1. The van der Waals surface area contributed by atoms with Crippen molar-refractivity contribution in [3.63, 3.8) is 0 Å². The molecule has 1 heteroatoms. The van der Waals surface area contributed by atoms with Crippen molar-refractivity contribution < 1.29 is 0 Å². The van der Waals surface area contributed by atoms with Crippen molar-refractivity contribution in [2.45, 2.75) is 60.3 Å². The van der Waals surface area contributed by atoms with Crippen molar-refractivity contribution in [2.24, 2.45) is 23.7 Å². The lowest BCUT2D eigenvalue weighted by Gasteiger charge is -2.32. The Morgan fingerprint density at radius 3 is 2.33 bits per heavy atom. The molecule has 0 aliphatic heterocycles. The molecular weight excluding hydrogens is 218 g/mol. The van der Waals surface area contributed by atoms with Crippen molar-refractivity contribution >= 4 is 0 Å². The highest BCUT2D eigenvalue weighted by Gasteiger charge is 2.24. The normalized spacial score (nSPS) is 29.9. The Bertz CT molecular complexity index is 244. The molecule has 1 rings (SSSR count). The molecule has 1 nitrogen and oxygen atoms in total. The summed E-state index contributed by atoms with van der Waals surface area (Å²) >= 11 is 0. The lowest BCUT2D eigenvalue weighted by molar-refractivity contribution is 0.243. The van der Waals surface area contributed by atoms with E-state index < -0.39 is 0 Å². The summed E-state index contributed by atoms with van der Waals surface area (Å²) in [6.07, 6.45) is 7.92. The zero-order valence-corrected chi connectivity index (χ0v) is 13.1. The van der Waals surface area contributed by atoms with Gasteiger partial charge in [0.25, 0.3) is 0 Å². The summed E-state index contributed by atoms with van der Waals surface area (Å²) in [5.74, 6) is 3.45. The van der Waals surface area contributed by atoms with Crippen molar-refractivity contribution in [1.82, 2.24) is 5.32 Å². The molecule has 0 amide bonds. The maximum Gasteiger partial charge on any atom is -0.00141 e. The number of rotatable bonds is 6. The van der Waals surface area contributed by atoms with Crippen LogP contribution in [-0.2, 0) is 0 Å². The monoisotopic (exact) mass is 251 g/mol. The average molecular weight is 251 g/mol. The summed E-state index contributed by atoms with van der Waals surface area (Å²) in [5, 5.41) is 3.52. The molecule has 0 heterocycles. The Labute approximate surface area is 114 Å². The van der Waals surface area contributed by atoms with Gasteiger partial charge < -0.3 is 5.32 Å². The second-order valence-electron chi connectivity index (χ2n) is 6.95. The Hall–Kier alpha value is -0.300. The van der Waals surface area contributed by atoms with Gasteiger partial charge in [-0.25, -0.2) is 0 Å². The van der Waals surface area contributed by atoms with E-state index in [-0.39, 0.29) is 0 Å². The van der Waals surface area contributed by atoms with E-state index in [4.69, 9.17) is 0 Å². The van der Waals surface area contributed by atoms with Gasteiger partial charge in [0.1, 0.15) is 0 Å². The second kappa shape index (κ2) is 7.99. The van der Waals surface area contributed by atoms with E-state index in [1.165, 1.54) is 25.7 Å². The van der Waals surface area contributed by atoms with Crippen LogP contribution in [0.3, 0.4) is 0 Å². The van der Waals surface area contributed by atoms with E-state index in [1.54, 1.807) is 5.57 Å². The quantitative estimate of drug-likeness (QED) is 0.535. The van der Waals surface area contributed by atoms with Gasteiger partial charge in [0.2, 0.25) is 0 Å². The number of hydrogen-bond acceptors (Lipinski definition) is 1. The van der Waals surface area contributed by atoms with Crippen LogP contribution in [0.25, 0.3) is 0 Å². The SMILES string of the molecule is CC(=CCCNCC(C)C)C1CC(C)CC(C)C1. The fourth-order valence-corrected chi connectivity index (χ4v) is 3.28. The fraction of sp³-hybridized carbons (Fsp3) is 0.882. The molecule has 18 heavy (non-hydrogen) atoms. The summed E-state index contributed by atoms with van der Waals surface area (Å²) in [6, 6.07) is 0. The molecule has 0 aromatic rings. The minimum Gasteiger partial charge on any atom is -0.316 e. The van der Waals surface area contributed by atoms with Gasteiger partial charge in [0.15, 0.2) is 0 Å². The van der Waals surface area contributed by atoms with Gasteiger partial charge in [-0.3, -0.25) is 0 Å². The minimum absolute atomic E-state index is 0.759. The number of hydrogen-bond donors (Lipinski definition) is 1. The molecule has 1 fully saturated rings. The molecule has 1 saturated carbocycles. The standard InChI is InChI=1S/C17H33N/c1-13(2)12-18-8-6-7-16(5)17-10-14(3)9-15(4)11-17/h7,13-15,17-18H,6,8-12H2,1-5H3. The molecule has 2 atom stereocenters. The zero-order valence-electron chi connectivity index (χ0n) is 13.1. The Morgan fingerprint density at radius 2 is 1.78 bits per heavy atom. The van der Waals surface area contributed by atoms with Gasteiger partial charge in [-0.15, -0.1) is 0 Å². The summed E-state index contributed by atoms with van der Waals surface area (Å²) in [6.45, 7) is 14.0. The molecular formula is C17H33N. The molecule has 0 saturated heterocycles. The average Bonchev–Trinajstić information content (AvgIpc) is 2.26. The molecule has 0 spiro atoms. The molecule has 0 bridgehead atoms. The first kappa shape index (κ1) is 15.8. The summed E-state index contributed by atoms with van der Waals surface area (Å²) in [4.78, 5) is 0. The van der Waals surface area contributed by atoms with E-state index in [0.717, 1.165) is 36.8 Å². The van der Waals surface area contributed by atoms with Crippen LogP contribution in [0.2, 0.25) is 0 Å². The van der Waals surface area contributed by atoms with Crippen molar-refractivity contribution in [3.05, 3.63) is 11.6 Å². The van der Waals surface area contributed by atoms with Gasteiger partial charge in [-0.2, -0.15) is 0 Å². The van der Waals surface area contributed by atoms with Gasteiger partial charge in [0, 0.05) is 0 Å². The van der Waals surface area contributed by atoms with E-state index in [9.17, 15) is 0 Å². The van der Waals surface area contributed by atoms with Crippen LogP contribution in [0.15, 0.2) is 11.6 Å². The number of allylic oxidation sites excluding steroid dienone is 1. The van der Waals surface area contributed by atoms with E-state index >= 15 is 0 Å². The molecule has 0 radical (unpaired) electrons. The van der Waals surface area contributed by atoms with Gasteiger partial charge >= 0.3 is 0 Å². The zero-order chi connectivity index (χ0) is 13.5. The lowest BCUT2D eigenvalue weighted by atomic mass is 9.74. The van der Waals surface area contributed by atoms with Crippen LogP contribution in [0.1, 0.15) is 60.3 Å². The first-order chi connectivity index (χ1) is 8.49. The van der Waals surface area contributed by atoms with E-state index in [1.807, 2.05) is 0 Å². The van der Waals surface area contributed by atoms with E-state index in [0.29, 0.717) is 0 Å². The van der Waals surface area contributed by atoms with Gasteiger partial charge in [-0.1, -0.05) is 39.3 Å². The highest BCUT2D eigenvalue weighted by atomic mass is 14.8. The third kappa shape index (κ3) is 6.04. The first-order valence-corrected chi connectivity index (χ1v) is 7.86. The van der Waals surface area contributed by atoms with Gasteiger partial charge in [-0.05, 0) is 69.4 Å². The molecule has 0 aromatic heterocycles. The van der Waals surface area contributed by atoms with Crippen LogP contribution in [0.4, 0.5) is 0 Å². The van der Waals surface area contributed by atoms with Crippen molar-refractivity contribution in [3.8, 4) is 0 Å². The minimum atomic E-state index is 0.759. The lowest BCUT2D eigenvalue weighted by Crippen LogP contribution is -2.21. The molecule has 1 aliphatic rings. The molecule has 1 N–H and O–H groups in total. The third-order valence-corrected chi connectivity index (χ3v) is 4.16. The summed E-state index contributed by atoms with van der Waals surface area (Å²) < 4.78 is 0. The van der Waals surface area contributed by atoms with E-state index in [2.05, 4.69) is 46.0 Å². The molecule has 0 aromatic carbocycles.